The van der Waals surface area contributed by atoms with Crippen LogP contribution in [0.5, 0.6) is 0 Å². The highest BCUT2D eigenvalue weighted by atomic mass is 32.1. The number of nitrogens with zero attached hydrogens (tertiary/aromatic N) is 3. The van der Waals surface area contributed by atoms with Crippen LogP contribution in [0.1, 0.15) is 11.1 Å². The molecule has 17 heavy (non-hydrogen) atoms. The summed E-state index contributed by atoms with van der Waals surface area (Å²) in [6, 6.07) is 6.18. The normalized spacial score (nSPS) is 10.0. The van der Waals surface area contributed by atoms with E-state index in [2.05, 4.69) is 40.9 Å². The molecular weight excluding hydrogens is 234 g/mol. The van der Waals surface area contributed by atoms with Crippen LogP contribution in [0, 0.1) is 13.8 Å². The van der Waals surface area contributed by atoms with Crippen LogP contribution in [0.3, 0.4) is 0 Å². The molecule has 0 aliphatic heterocycles. The molecule has 0 amide bonds. The molecule has 0 spiro atoms. The van der Waals surface area contributed by atoms with Gasteiger partial charge in [0.25, 0.3) is 0 Å². The van der Waals surface area contributed by atoms with Crippen molar-refractivity contribution in [3.05, 3.63) is 42.0 Å². The monoisotopic (exact) mass is 247 g/mol. The molecule has 2 aromatic rings. The summed E-state index contributed by atoms with van der Waals surface area (Å²) in [6.07, 6.45) is 3.07. The van der Waals surface area contributed by atoms with Crippen molar-refractivity contribution in [2.75, 3.05) is 10.7 Å². The highest BCUT2D eigenvalue weighted by Crippen LogP contribution is 2.13. The number of aryl methyl sites for hydroxylation is 2. The fourth-order valence-corrected chi connectivity index (χ4v) is 1.80. The summed E-state index contributed by atoms with van der Waals surface area (Å²) >= 11 is 5.17. The van der Waals surface area contributed by atoms with Crippen molar-refractivity contribution >= 4 is 23.0 Å². The highest BCUT2D eigenvalue weighted by molar-refractivity contribution is 7.80. The standard InChI is InChI=1S/C11H13N5S/c1-8-3-9(2)5-10(4-8)14-11(17)15-16-6-12-13-7-16/h3-7H,1-2H3,(H2,14,15,17). The first-order chi connectivity index (χ1) is 8.13. The van der Waals surface area contributed by atoms with Crippen molar-refractivity contribution in [2.24, 2.45) is 0 Å². The molecule has 0 aliphatic rings. The molecule has 1 heterocycles. The summed E-state index contributed by atoms with van der Waals surface area (Å²) in [5.74, 6) is 0. The van der Waals surface area contributed by atoms with Crippen LogP contribution < -0.4 is 10.7 Å². The second-order valence-electron chi connectivity index (χ2n) is 3.81. The minimum Gasteiger partial charge on any atom is -0.331 e. The Bertz CT molecular complexity index is 500. The SMILES string of the molecule is Cc1cc(C)cc(NC(=S)Nn2cnnc2)c1. The summed E-state index contributed by atoms with van der Waals surface area (Å²) in [5.41, 5.74) is 6.28. The van der Waals surface area contributed by atoms with E-state index in [9.17, 15) is 0 Å². The molecule has 1 aromatic carbocycles. The van der Waals surface area contributed by atoms with Crippen molar-refractivity contribution in [2.45, 2.75) is 13.8 Å². The second-order valence-corrected chi connectivity index (χ2v) is 4.22. The zero-order valence-electron chi connectivity index (χ0n) is 9.64. The molecule has 0 radical (unpaired) electrons. The van der Waals surface area contributed by atoms with Crippen molar-refractivity contribution in [3.8, 4) is 0 Å². The van der Waals surface area contributed by atoms with E-state index in [1.807, 2.05) is 12.1 Å². The lowest BCUT2D eigenvalue weighted by Gasteiger charge is -2.11. The van der Waals surface area contributed by atoms with Gasteiger partial charge in [0, 0.05) is 5.69 Å². The number of nitrogens with one attached hydrogen (secondary N) is 2. The number of aromatic nitrogens is 3. The van der Waals surface area contributed by atoms with Crippen LogP contribution in [0.2, 0.25) is 0 Å². The first kappa shape index (κ1) is 11.5. The van der Waals surface area contributed by atoms with Gasteiger partial charge in [-0.2, -0.15) is 0 Å². The van der Waals surface area contributed by atoms with Gasteiger partial charge in [-0.1, -0.05) is 6.07 Å². The Balaban J connectivity index is 2.03. The molecule has 6 heteroatoms. The van der Waals surface area contributed by atoms with Gasteiger partial charge in [0.1, 0.15) is 12.7 Å². The first-order valence-corrected chi connectivity index (χ1v) is 5.55. The Morgan fingerprint density at radius 2 is 1.71 bits per heavy atom. The Kier molecular flexibility index (Phi) is 3.34. The van der Waals surface area contributed by atoms with Crippen LogP contribution in [0.4, 0.5) is 5.69 Å². The van der Waals surface area contributed by atoms with Crippen molar-refractivity contribution in [3.63, 3.8) is 0 Å². The number of anilines is 1. The van der Waals surface area contributed by atoms with E-state index in [1.54, 1.807) is 4.68 Å². The fraction of sp³-hybridized carbons (Fsp3) is 0.182. The predicted octanol–water partition coefficient (Wildman–Crippen LogP) is 1.84. The van der Waals surface area contributed by atoms with E-state index in [1.165, 1.54) is 23.8 Å². The topological polar surface area (TPSA) is 54.8 Å². The maximum Gasteiger partial charge on any atom is 0.190 e. The lowest BCUT2D eigenvalue weighted by molar-refractivity contribution is 0.974. The number of benzene rings is 1. The molecule has 2 N–H and O–H groups in total. The molecule has 0 bridgehead atoms. The number of thiocarbonyl (C=S) groups is 1. The predicted molar refractivity (Wildman–Crippen MR) is 71.5 cm³/mol. The average molecular weight is 247 g/mol. The smallest absolute Gasteiger partial charge is 0.190 e. The van der Waals surface area contributed by atoms with Crippen LogP contribution in [-0.2, 0) is 0 Å². The Morgan fingerprint density at radius 3 is 2.29 bits per heavy atom. The van der Waals surface area contributed by atoms with E-state index in [0.717, 1.165) is 5.69 Å². The maximum atomic E-state index is 5.17. The molecule has 88 valence electrons. The quantitative estimate of drug-likeness (QED) is 0.793. The number of hydrogen-bond donors (Lipinski definition) is 2. The largest absolute Gasteiger partial charge is 0.331 e. The van der Waals surface area contributed by atoms with Gasteiger partial charge in [-0.3, -0.25) is 5.43 Å². The minimum atomic E-state index is 0.495. The summed E-state index contributed by atoms with van der Waals surface area (Å²) < 4.78 is 1.58. The third-order valence-electron chi connectivity index (χ3n) is 2.13. The van der Waals surface area contributed by atoms with Gasteiger partial charge >= 0.3 is 0 Å². The van der Waals surface area contributed by atoms with E-state index in [-0.39, 0.29) is 0 Å². The Labute approximate surface area is 105 Å². The van der Waals surface area contributed by atoms with Crippen molar-refractivity contribution < 1.29 is 0 Å². The lowest BCUT2D eigenvalue weighted by Crippen LogP contribution is -2.26. The van der Waals surface area contributed by atoms with E-state index in [0.29, 0.717) is 5.11 Å². The molecule has 1 aromatic heterocycles. The third kappa shape index (κ3) is 3.25. The van der Waals surface area contributed by atoms with Gasteiger partial charge < -0.3 is 5.32 Å². The molecule has 0 unspecified atom stereocenters. The van der Waals surface area contributed by atoms with E-state index in [4.69, 9.17) is 12.2 Å². The lowest BCUT2D eigenvalue weighted by atomic mass is 10.1. The zero-order valence-corrected chi connectivity index (χ0v) is 10.5. The van der Waals surface area contributed by atoms with Crippen molar-refractivity contribution in [1.29, 1.82) is 0 Å². The fourth-order valence-electron chi connectivity index (χ4n) is 1.58. The van der Waals surface area contributed by atoms with Gasteiger partial charge in [0.15, 0.2) is 5.11 Å². The number of rotatable bonds is 2. The second kappa shape index (κ2) is 4.92. The van der Waals surface area contributed by atoms with E-state index >= 15 is 0 Å². The Hall–Kier alpha value is -1.95. The maximum absolute atomic E-state index is 5.17. The summed E-state index contributed by atoms with van der Waals surface area (Å²) in [5, 5.41) is 10.9. The molecule has 5 nitrogen and oxygen atoms in total. The summed E-state index contributed by atoms with van der Waals surface area (Å²) in [6.45, 7) is 4.10. The third-order valence-corrected chi connectivity index (χ3v) is 2.32. The van der Waals surface area contributed by atoms with Gasteiger partial charge in [0.05, 0.1) is 0 Å². The van der Waals surface area contributed by atoms with Gasteiger partial charge in [-0.15, -0.1) is 10.2 Å². The van der Waals surface area contributed by atoms with E-state index < -0.39 is 0 Å². The molecule has 0 fully saturated rings. The first-order valence-electron chi connectivity index (χ1n) is 5.14. The molecular formula is C11H13N5S. The number of hydrogen-bond acceptors (Lipinski definition) is 3. The molecule has 0 atom stereocenters. The zero-order chi connectivity index (χ0) is 12.3. The van der Waals surface area contributed by atoms with Crippen molar-refractivity contribution in [1.82, 2.24) is 14.9 Å². The highest BCUT2D eigenvalue weighted by Gasteiger charge is 1.99. The summed E-state index contributed by atoms with van der Waals surface area (Å²) in [7, 11) is 0. The van der Waals surface area contributed by atoms with Crippen LogP contribution in [-0.4, -0.2) is 20.0 Å². The van der Waals surface area contributed by atoms with Crippen LogP contribution >= 0.6 is 12.2 Å². The molecule has 2 rings (SSSR count). The van der Waals surface area contributed by atoms with Gasteiger partial charge in [-0.05, 0) is 49.3 Å². The average Bonchev–Trinajstić information content (AvgIpc) is 2.67. The molecule has 0 saturated carbocycles. The Morgan fingerprint density at radius 1 is 1.12 bits per heavy atom. The van der Waals surface area contributed by atoms with Crippen LogP contribution in [0.15, 0.2) is 30.9 Å². The minimum absolute atomic E-state index is 0.495. The molecule has 0 aliphatic carbocycles. The van der Waals surface area contributed by atoms with Gasteiger partial charge in [-0.25, -0.2) is 4.68 Å². The van der Waals surface area contributed by atoms with Crippen LogP contribution in [0.25, 0.3) is 0 Å². The summed E-state index contributed by atoms with van der Waals surface area (Å²) in [4.78, 5) is 0. The van der Waals surface area contributed by atoms with Gasteiger partial charge in [0.2, 0.25) is 0 Å². The molecule has 0 saturated heterocycles.